The molecular weight excluding hydrogens is 793 g/mol. The van der Waals surface area contributed by atoms with Crippen LogP contribution >= 0.6 is 0 Å². The lowest BCUT2D eigenvalue weighted by Crippen LogP contribution is -2.30. The molecule has 0 rings (SSSR count). The number of esters is 3. The maximum atomic E-state index is 12.8. The Kier molecular flexibility index (Phi) is 49.6. The largest absolute Gasteiger partial charge is 0.462 e. The summed E-state index contributed by atoms with van der Waals surface area (Å²) in [7, 11) is 0. The van der Waals surface area contributed by atoms with Crippen LogP contribution in [0.4, 0.5) is 0 Å². The van der Waals surface area contributed by atoms with Crippen molar-refractivity contribution in [1.82, 2.24) is 0 Å². The van der Waals surface area contributed by atoms with E-state index >= 15 is 0 Å². The molecule has 0 aromatic heterocycles. The summed E-state index contributed by atoms with van der Waals surface area (Å²) in [6, 6.07) is 0. The van der Waals surface area contributed by atoms with E-state index in [2.05, 4.69) is 34.6 Å². The molecule has 0 N–H and O–H groups in total. The predicted octanol–water partition coefficient (Wildman–Crippen LogP) is 18.9. The summed E-state index contributed by atoms with van der Waals surface area (Å²) in [4.78, 5) is 38.1. The molecule has 0 fully saturated rings. The van der Waals surface area contributed by atoms with Crippen LogP contribution in [-0.4, -0.2) is 37.2 Å². The molecule has 2 atom stereocenters. The molecule has 0 amide bonds. The lowest BCUT2D eigenvalue weighted by molar-refractivity contribution is -0.167. The third kappa shape index (κ3) is 49.8. The summed E-state index contributed by atoms with van der Waals surface area (Å²) in [5, 5.41) is 0. The van der Waals surface area contributed by atoms with Crippen LogP contribution < -0.4 is 0 Å². The minimum Gasteiger partial charge on any atom is -0.462 e. The number of hydrogen-bond acceptors (Lipinski definition) is 6. The third-order valence-electron chi connectivity index (χ3n) is 13.6. The Morgan fingerprint density at radius 3 is 0.891 bits per heavy atom. The van der Waals surface area contributed by atoms with E-state index in [1.54, 1.807) is 0 Å². The van der Waals surface area contributed by atoms with Crippen LogP contribution in [-0.2, 0) is 28.6 Å². The van der Waals surface area contributed by atoms with E-state index in [0.717, 1.165) is 69.6 Å². The lowest BCUT2D eigenvalue weighted by atomic mass is 9.99. The maximum absolute atomic E-state index is 12.8. The van der Waals surface area contributed by atoms with Crippen molar-refractivity contribution in [2.75, 3.05) is 13.2 Å². The second-order valence-electron chi connectivity index (χ2n) is 20.6. The van der Waals surface area contributed by atoms with Gasteiger partial charge in [-0.05, 0) is 31.1 Å². The molecule has 0 aromatic carbocycles. The second kappa shape index (κ2) is 50.8. The number of unbranched alkanes of at least 4 members (excludes halogenated alkanes) is 36. The molecular formula is C58H112O6. The molecule has 64 heavy (non-hydrogen) atoms. The minimum atomic E-state index is -0.762. The zero-order valence-electron chi connectivity index (χ0n) is 43.9. The Balaban J connectivity index is 4.28. The van der Waals surface area contributed by atoms with Gasteiger partial charge in [0.05, 0.1) is 0 Å². The Morgan fingerprint density at radius 1 is 0.328 bits per heavy atom. The molecule has 380 valence electrons. The fourth-order valence-electron chi connectivity index (χ4n) is 8.84. The Labute approximate surface area is 399 Å². The molecule has 0 aliphatic carbocycles. The van der Waals surface area contributed by atoms with Crippen LogP contribution in [0.5, 0.6) is 0 Å². The molecule has 0 heterocycles. The van der Waals surface area contributed by atoms with Crippen molar-refractivity contribution in [3.8, 4) is 0 Å². The van der Waals surface area contributed by atoms with Gasteiger partial charge in [-0.3, -0.25) is 14.4 Å². The van der Waals surface area contributed by atoms with Crippen LogP contribution in [0.3, 0.4) is 0 Å². The predicted molar refractivity (Wildman–Crippen MR) is 275 cm³/mol. The first kappa shape index (κ1) is 62.4. The van der Waals surface area contributed by atoms with Crippen molar-refractivity contribution in [3.63, 3.8) is 0 Å². The average Bonchev–Trinajstić information content (AvgIpc) is 3.28. The number of carbonyl (C=O) groups is 3. The molecule has 0 aliphatic heterocycles. The Hall–Kier alpha value is -1.59. The summed E-state index contributed by atoms with van der Waals surface area (Å²) in [6.07, 6.45) is 53.7. The number of hydrogen-bond donors (Lipinski definition) is 0. The van der Waals surface area contributed by atoms with E-state index < -0.39 is 6.10 Å². The first-order valence-electron chi connectivity index (χ1n) is 28.8. The van der Waals surface area contributed by atoms with Crippen molar-refractivity contribution in [1.29, 1.82) is 0 Å². The molecule has 0 saturated carbocycles. The van der Waals surface area contributed by atoms with Crippen LogP contribution in [0.15, 0.2) is 0 Å². The molecule has 0 bridgehead atoms. The monoisotopic (exact) mass is 905 g/mol. The fraction of sp³-hybridized carbons (Fsp3) is 0.948. The van der Waals surface area contributed by atoms with Gasteiger partial charge < -0.3 is 14.2 Å². The fourth-order valence-corrected chi connectivity index (χ4v) is 8.84. The van der Waals surface area contributed by atoms with Gasteiger partial charge in [-0.1, -0.05) is 285 Å². The van der Waals surface area contributed by atoms with E-state index in [1.807, 2.05) is 0 Å². The van der Waals surface area contributed by atoms with Gasteiger partial charge in [-0.15, -0.1) is 0 Å². The standard InChI is InChI=1S/C58H112O6/c1-6-8-9-10-11-12-13-23-28-33-38-43-48-56(59)62-51-55(64-58(61)50-45-40-35-30-25-20-16-17-21-26-31-36-41-46-53(3)4)52-63-57(60)49-44-39-34-29-24-19-15-14-18-22-27-32-37-42-47-54(5)7-2/h53-55H,6-52H2,1-5H3/t54?,55-/m1/s1. The highest BCUT2D eigenvalue weighted by Gasteiger charge is 2.19. The first-order chi connectivity index (χ1) is 31.3. The van der Waals surface area contributed by atoms with Gasteiger partial charge in [0.1, 0.15) is 13.2 Å². The van der Waals surface area contributed by atoms with Crippen molar-refractivity contribution < 1.29 is 28.6 Å². The summed E-state index contributed by atoms with van der Waals surface area (Å²) in [6.45, 7) is 11.4. The molecule has 0 saturated heterocycles. The number of ether oxygens (including phenoxy) is 3. The van der Waals surface area contributed by atoms with Crippen molar-refractivity contribution in [3.05, 3.63) is 0 Å². The Morgan fingerprint density at radius 2 is 0.594 bits per heavy atom. The van der Waals surface area contributed by atoms with E-state index in [-0.39, 0.29) is 31.1 Å². The highest BCUT2D eigenvalue weighted by molar-refractivity contribution is 5.71. The molecule has 1 unspecified atom stereocenters. The molecule has 0 radical (unpaired) electrons. The summed E-state index contributed by atoms with van der Waals surface area (Å²) < 4.78 is 16.9. The van der Waals surface area contributed by atoms with Gasteiger partial charge in [0.2, 0.25) is 0 Å². The van der Waals surface area contributed by atoms with Gasteiger partial charge in [0.25, 0.3) is 0 Å². The topological polar surface area (TPSA) is 78.9 Å². The smallest absolute Gasteiger partial charge is 0.306 e. The van der Waals surface area contributed by atoms with Crippen LogP contribution in [0.1, 0.15) is 324 Å². The number of carbonyl (C=O) groups excluding carboxylic acids is 3. The summed E-state index contributed by atoms with van der Waals surface area (Å²) >= 11 is 0. The third-order valence-corrected chi connectivity index (χ3v) is 13.6. The van der Waals surface area contributed by atoms with Crippen molar-refractivity contribution in [2.24, 2.45) is 11.8 Å². The first-order valence-corrected chi connectivity index (χ1v) is 28.8. The van der Waals surface area contributed by atoms with E-state index in [9.17, 15) is 14.4 Å². The lowest BCUT2D eigenvalue weighted by Gasteiger charge is -2.18. The molecule has 6 heteroatoms. The zero-order valence-corrected chi connectivity index (χ0v) is 43.9. The quantitative estimate of drug-likeness (QED) is 0.0344. The maximum Gasteiger partial charge on any atom is 0.306 e. The van der Waals surface area contributed by atoms with Crippen molar-refractivity contribution in [2.45, 2.75) is 330 Å². The van der Waals surface area contributed by atoms with Gasteiger partial charge in [-0.25, -0.2) is 0 Å². The van der Waals surface area contributed by atoms with Crippen LogP contribution in [0.2, 0.25) is 0 Å². The molecule has 0 spiro atoms. The average molecular weight is 906 g/mol. The summed E-state index contributed by atoms with van der Waals surface area (Å²) in [5.74, 6) is 0.894. The normalized spacial score (nSPS) is 12.5. The molecule has 0 aromatic rings. The Bertz CT molecular complexity index is 980. The van der Waals surface area contributed by atoms with E-state index in [1.165, 1.54) is 212 Å². The summed E-state index contributed by atoms with van der Waals surface area (Å²) in [5.41, 5.74) is 0. The second-order valence-corrected chi connectivity index (χ2v) is 20.6. The van der Waals surface area contributed by atoms with Crippen LogP contribution in [0.25, 0.3) is 0 Å². The van der Waals surface area contributed by atoms with Gasteiger partial charge in [0.15, 0.2) is 6.10 Å². The SMILES string of the molecule is CCCCCCCCCCCCCCC(=O)OC[C@H](COC(=O)CCCCCCCCCCCCCCCCC(C)CC)OC(=O)CCCCCCCCCCCCCCCC(C)C. The van der Waals surface area contributed by atoms with E-state index in [4.69, 9.17) is 14.2 Å². The highest BCUT2D eigenvalue weighted by atomic mass is 16.6. The van der Waals surface area contributed by atoms with E-state index in [0.29, 0.717) is 19.3 Å². The molecule has 6 nitrogen and oxygen atoms in total. The number of rotatable bonds is 52. The van der Waals surface area contributed by atoms with Crippen LogP contribution in [0, 0.1) is 11.8 Å². The zero-order chi connectivity index (χ0) is 46.8. The highest BCUT2D eigenvalue weighted by Crippen LogP contribution is 2.18. The van der Waals surface area contributed by atoms with Gasteiger partial charge in [0, 0.05) is 19.3 Å². The van der Waals surface area contributed by atoms with Gasteiger partial charge in [-0.2, -0.15) is 0 Å². The van der Waals surface area contributed by atoms with Crippen molar-refractivity contribution >= 4 is 17.9 Å². The molecule has 0 aliphatic rings. The minimum absolute atomic E-state index is 0.0627. The van der Waals surface area contributed by atoms with Gasteiger partial charge >= 0.3 is 17.9 Å².